The van der Waals surface area contributed by atoms with Crippen molar-refractivity contribution in [3.05, 3.63) is 47.9 Å². The second kappa shape index (κ2) is 8.22. The first-order valence-electron chi connectivity index (χ1n) is 8.69. The second-order valence-corrected chi connectivity index (χ2v) is 5.82. The highest BCUT2D eigenvalue weighted by atomic mass is 16.6. The van der Waals surface area contributed by atoms with E-state index in [1.807, 2.05) is 24.3 Å². The van der Waals surface area contributed by atoms with E-state index >= 15 is 0 Å². The first kappa shape index (κ1) is 16.9. The predicted octanol–water partition coefficient (Wildman–Crippen LogP) is 3.22. The third kappa shape index (κ3) is 3.74. The molecule has 0 saturated heterocycles. The van der Waals surface area contributed by atoms with Gasteiger partial charge in [-0.25, -0.2) is 0 Å². The molecule has 1 aliphatic rings. The summed E-state index contributed by atoms with van der Waals surface area (Å²) >= 11 is 0. The molecule has 24 heavy (non-hydrogen) atoms. The van der Waals surface area contributed by atoms with Gasteiger partial charge in [-0.2, -0.15) is 0 Å². The summed E-state index contributed by atoms with van der Waals surface area (Å²) < 4.78 is 17.1. The maximum Gasteiger partial charge on any atom is 0.165 e. The van der Waals surface area contributed by atoms with E-state index in [1.165, 1.54) is 0 Å². The quantitative estimate of drug-likeness (QED) is 0.805. The third-order valence-corrected chi connectivity index (χ3v) is 4.43. The van der Waals surface area contributed by atoms with Crippen molar-refractivity contribution in [1.29, 1.82) is 0 Å². The fourth-order valence-corrected chi connectivity index (χ4v) is 3.17. The zero-order chi connectivity index (χ0) is 16.8. The van der Waals surface area contributed by atoms with Crippen molar-refractivity contribution in [2.75, 3.05) is 32.8 Å². The fourth-order valence-electron chi connectivity index (χ4n) is 3.17. The van der Waals surface area contributed by atoms with Crippen LogP contribution in [0, 0.1) is 0 Å². The van der Waals surface area contributed by atoms with Gasteiger partial charge in [0.1, 0.15) is 19.0 Å². The van der Waals surface area contributed by atoms with Crippen LogP contribution in [0.3, 0.4) is 0 Å². The van der Waals surface area contributed by atoms with Gasteiger partial charge < -0.3 is 19.2 Å². The minimum Gasteiger partial charge on any atom is -0.486 e. The summed E-state index contributed by atoms with van der Waals surface area (Å²) in [5, 5.41) is 3.55. The van der Waals surface area contributed by atoms with Crippen LogP contribution in [-0.4, -0.2) is 37.7 Å². The van der Waals surface area contributed by atoms with Gasteiger partial charge in [-0.15, -0.1) is 0 Å². The minimum absolute atomic E-state index is 0.228. The molecule has 0 bridgehead atoms. The van der Waals surface area contributed by atoms with Crippen LogP contribution in [0.4, 0.5) is 0 Å². The van der Waals surface area contributed by atoms with Crippen LogP contribution in [-0.2, 0) is 6.54 Å². The van der Waals surface area contributed by atoms with Crippen LogP contribution >= 0.6 is 0 Å². The number of fused-ring (bicyclic) bond motifs is 1. The number of hydrogen-bond donors (Lipinski definition) is 1. The zero-order valence-corrected chi connectivity index (χ0v) is 14.5. The highest BCUT2D eigenvalue weighted by molar-refractivity contribution is 5.47. The summed E-state index contributed by atoms with van der Waals surface area (Å²) in [5.74, 6) is 2.71. The lowest BCUT2D eigenvalue weighted by molar-refractivity contribution is 0.168. The van der Waals surface area contributed by atoms with E-state index in [-0.39, 0.29) is 6.04 Å². The first-order valence-corrected chi connectivity index (χ1v) is 8.69. The standard InChI is InChI=1S/C19H26N2O3/c1-3-21(4-2)16(17-9-6-10-22-17)14-20-13-15-7-5-8-18-19(15)24-12-11-23-18/h5-10,16,20H,3-4,11-14H2,1-2H3. The van der Waals surface area contributed by atoms with Gasteiger partial charge >= 0.3 is 0 Å². The monoisotopic (exact) mass is 330 g/mol. The SMILES string of the molecule is CCN(CC)C(CNCc1cccc2c1OCCO2)c1ccco1. The molecule has 0 spiro atoms. The molecule has 2 heterocycles. The maximum absolute atomic E-state index is 5.78. The van der Waals surface area contributed by atoms with Gasteiger partial charge in [0.25, 0.3) is 0 Å². The largest absolute Gasteiger partial charge is 0.486 e. The lowest BCUT2D eigenvalue weighted by Crippen LogP contribution is -2.35. The summed E-state index contributed by atoms with van der Waals surface area (Å²) in [6.07, 6.45) is 1.74. The Hall–Kier alpha value is -1.98. The molecule has 0 radical (unpaired) electrons. The van der Waals surface area contributed by atoms with Crippen LogP contribution in [0.5, 0.6) is 11.5 Å². The van der Waals surface area contributed by atoms with Crippen LogP contribution in [0.15, 0.2) is 41.0 Å². The number of nitrogens with zero attached hydrogens (tertiary/aromatic N) is 1. The third-order valence-electron chi connectivity index (χ3n) is 4.43. The molecule has 2 aromatic rings. The molecular weight excluding hydrogens is 304 g/mol. The Bertz CT molecular complexity index is 624. The van der Waals surface area contributed by atoms with Gasteiger partial charge in [0.2, 0.25) is 0 Å². The lowest BCUT2D eigenvalue weighted by atomic mass is 10.1. The molecule has 1 aliphatic heterocycles. The minimum atomic E-state index is 0.228. The van der Waals surface area contributed by atoms with E-state index in [4.69, 9.17) is 13.9 Å². The van der Waals surface area contributed by atoms with Crippen LogP contribution in [0.2, 0.25) is 0 Å². The summed E-state index contributed by atoms with van der Waals surface area (Å²) in [7, 11) is 0. The highest BCUT2D eigenvalue weighted by Gasteiger charge is 2.21. The van der Waals surface area contributed by atoms with E-state index in [0.717, 1.165) is 49.0 Å². The Labute approximate surface area is 143 Å². The molecule has 0 amide bonds. The van der Waals surface area contributed by atoms with E-state index in [2.05, 4.69) is 30.1 Å². The Morgan fingerprint density at radius 3 is 2.67 bits per heavy atom. The van der Waals surface area contributed by atoms with E-state index in [0.29, 0.717) is 13.2 Å². The van der Waals surface area contributed by atoms with Gasteiger partial charge in [-0.3, -0.25) is 4.90 Å². The molecule has 1 aromatic carbocycles. The summed E-state index contributed by atoms with van der Waals surface area (Å²) in [6, 6.07) is 10.3. The Kier molecular flexibility index (Phi) is 5.77. The van der Waals surface area contributed by atoms with Crippen molar-refractivity contribution in [3.63, 3.8) is 0 Å². The highest BCUT2D eigenvalue weighted by Crippen LogP contribution is 2.33. The van der Waals surface area contributed by atoms with Crippen LogP contribution in [0.25, 0.3) is 0 Å². The Morgan fingerprint density at radius 1 is 1.08 bits per heavy atom. The number of benzene rings is 1. The molecular formula is C19H26N2O3. The molecule has 0 fully saturated rings. The number of para-hydroxylation sites is 1. The van der Waals surface area contributed by atoms with Gasteiger partial charge in [-0.05, 0) is 31.3 Å². The van der Waals surface area contributed by atoms with Crippen molar-refractivity contribution in [1.82, 2.24) is 10.2 Å². The molecule has 0 saturated carbocycles. The number of furan rings is 1. The lowest BCUT2D eigenvalue weighted by Gasteiger charge is -2.28. The topological polar surface area (TPSA) is 46.9 Å². The molecule has 130 valence electrons. The average molecular weight is 330 g/mol. The number of ether oxygens (including phenoxy) is 2. The van der Waals surface area contributed by atoms with Crippen LogP contribution in [0.1, 0.15) is 31.2 Å². The molecule has 1 atom stereocenters. The van der Waals surface area contributed by atoms with Gasteiger partial charge in [0, 0.05) is 18.7 Å². The second-order valence-electron chi connectivity index (χ2n) is 5.82. The first-order chi connectivity index (χ1) is 11.8. The average Bonchev–Trinajstić information content (AvgIpc) is 3.16. The number of hydrogen-bond acceptors (Lipinski definition) is 5. The van der Waals surface area contributed by atoms with Crippen LogP contribution < -0.4 is 14.8 Å². The Morgan fingerprint density at radius 2 is 1.92 bits per heavy atom. The molecule has 5 nitrogen and oxygen atoms in total. The van der Waals surface area contributed by atoms with Gasteiger partial charge in [-0.1, -0.05) is 26.0 Å². The Balaban J connectivity index is 1.65. The molecule has 1 N–H and O–H groups in total. The van der Waals surface area contributed by atoms with E-state index < -0.39 is 0 Å². The molecule has 3 rings (SSSR count). The van der Waals surface area contributed by atoms with Crippen molar-refractivity contribution in [2.24, 2.45) is 0 Å². The number of nitrogens with one attached hydrogen (secondary N) is 1. The number of likely N-dealkylation sites (N-methyl/N-ethyl adjacent to an activating group) is 1. The van der Waals surface area contributed by atoms with Gasteiger partial charge in [0.05, 0.1) is 12.3 Å². The molecule has 1 unspecified atom stereocenters. The fraction of sp³-hybridized carbons (Fsp3) is 0.474. The molecule has 1 aromatic heterocycles. The number of rotatable bonds is 8. The predicted molar refractivity (Wildman–Crippen MR) is 93.5 cm³/mol. The van der Waals surface area contributed by atoms with E-state index in [9.17, 15) is 0 Å². The zero-order valence-electron chi connectivity index (χ0n) is 14.5. The maximum atomic E-state index is 5.78. The normalized spacial score (nSPS) is 14.8. The molecule has 5 heteroatoms. The van der Waals surface area contributed by atoms with Crippen molar-refractivity contribution in [3.8, 4) is 11.5 Å². The summed E-state index contributed by atoms with van der Waals surface area (Å²) in [6.45, 7) is 9.12. The van der Waals surface area contributed by atoms with Crippen molar-refractivity contribution >= 4 is 0 Å². The van der Waals surface area contributed by atoms with Crippen molar-refractivity contribution < 1.29 is 13.9 Å². The smallest absolute Gasteiger partial charge is 0.165 e. The summed E-state index contributed by atoms with van der Waals surface area (Å²) in [4.78, 5) is 2.39. The van der Waals surface area contributed by atoms with Gasteiger partial charge in [0.15, 0.2) is 11.5 Å². The van der Waals surface area contributed by atoms with E-state index in [1.54, 1.807) is 6.26 Å². The molecule has 0 aliphatic carbocycles. The van der Waals surface area contributed by atoms with Crippen molar-refractivity contribution in [2.45, 2.75) is 26.4 Å². The summed E-state index contributed by atoms with van der Waals surface area (Å²) in [5.41, 5.74) is 1.13.